The molecule has 0 aromatic carbocycles. The molecule has 0 spiro atoms. The number of aryl methyl sites for hydroxylation is 1. The lowest BCUT2D eigenvalue weighted by Gasteiger charge is -2.33. The Morgan fingerprint density at radius 1 is 1.35 bits per heavy atom. The molecule has 0 radical (unpaired) electrons. The van der Waals surface area contributed by atoms with Crippen LogP contribution in [0.1, 0.15) is 51.2 Å². The average molecular weight is 275 g/mol. The van der Waals surface area contributed by atoms with E-state index in [4.69, 9.17) is 4.98 Å². The number of nitrogens with zero attached hydrogens (tertiary/aromatic N) is 2. The number of aromatic nitrogens is 1. The molecule has 2 heterocycles. The Bertz CT molecular complexity index is 420. The van der Waals surface area contributed by atoms with Gasteiger partial charge in [-0.1, -0.05) is 27.2 Å². The van der Waals surface area contributed by atoms with Gasteiger partial charge in [0, 0.05) is 31.9 Å². The number of piperidine rings is 1. The van der Waals surface area contributed by atoms with Gasteiger partial charge in [-0.15, -0.1) is 0 Å². The van der Waals surface area contributed by atoms with Gasteiger partial charge in [0.25, 0.3) is 0 Å². The summed E-state index contributed by atoms with van der Waals surface area (Å²) in [6.07, 6.45) is 5.98. The van der Waals surface area contributed by atoms with Gasteiger partial charge in [-0.3, -0.25) is 0 Å². The first kappa shape index (κ1) is 15.3. The van der Waals surface area contributed by atoms with Gasteiger partial charge in [0.05, 0.1) is 0 Å². The van der Waals surface area contributed by atoms with Crippen molar-refractivity contribution in [1.82, 2.24) is 10.3 Å². The standard InChI is InChI=1S/C17H29N3/c1-5-15-6-8-20(9-7-15)17-14(4)10-16(12-19-17)11-18-13(2)3/h10,12-13,15,18H,5-9,11H2,1-4H3. The second-order valence-electron chi connectivity index (χ2n) is 6.36. The first-order valence-corrected chi connectivity index (χ1v) is 8.04. The van der Waals surface area contributed by atoms with E-state index in [2.05, 4.69) is 44.0 Å². The highest BCUT2D eigenvalue weighted by atomic mass is 15.2. The molecule has 1 aliphatic heterocycles. The number of hydrogen-bond donors (Lipinski definition) is 1. The second-order valence-corrected chi connectivity index (χ2v) is 6.36. The van der Waals surface area contributed by atoms with Crippen LogP contribution in [0.25, 0.3) is 0 Å². The summed E-state index contributed by atoms with van der Waals surface area (Å²) in [4.78, 5) is 7.18. The van der Waals surface area contributed by atoms with Crippen LogP contribution in [0, 0.1) is 12.8 Å². The van der Waals surface area contributed by atoms with Crippen molar-refractivity contribution in [3.8, 4) is 0 Å². The Morgan fingerprint density at radius 2 is 2.05 bits per heavy atom. The lowest BCUT2D eigenvalue weighted by atomic mass is 9.94. The minimum absolute atomic E-state index is 0.517. The minimum atomic E-state index is 0.517. The van der Waals surface area contributed by atoms with E-state index < -0.39 is 0 Å². The number of rotatable bonds is 5. The molecule has 1 aromatic heterocycles. The van der Waals surface area contributed by atoms with Crippen molar-refractivity contribution in [3.63, 3.8) is 0 Å². The molecule has 3 heteroatoms. The normalized spacial score (nSPS) is 16.9. The van der Waals surface area contributed by atoms with Crippen LogP contribution in [0.5, 0.6) is 0 Å². The minimum Gasteiger partial charge on any atom is -0.356 e. The predicted octanol–water partition coefficient (Wildman–Crippen LogP) is 3.51. The number of nitrogens with one attached hydrogen (secondary N) is 1. The van der Waals surface area contributed by atoms with Crippen molar-refractivity contribution in [2.24, 2.45) is 5.92 Å². The molecule has 1 aliphatic rings. The highest BCUT2D eigenvalue weighted by molar-refractivity contribution is 5.47. The fraction of sp³-hybridized carbons (Fsp3) is 0.706. The highest BCUT2D eigenvalue weighted by Crippen LogP contribution is 2.26. The average Bonchev–Trinajstić information content (AvgIpc) is 2.45. The molecule has 0 atom stereocenters. The largest absolute Gasteiger partial charge is 0.356 e. The molecule has 3 nitrogen and oxygen atoms in total. The second kappa shape index (κ2) is 7.07. The lowest BCUT2D eigenvalue weighted by molar-refractivity contribution is 0.393. The molecular weight excluding hydrogens is 246 g/mol. The fourth-order valence-electron chi connectivity index (χ4n) is 2.93. The van der Waals surface area contributed by atoms with Gasteiger partial charge in [0.2, 0.25) is 0 Å². The molecule has 112 valence electrons. The van der Waals surface area contributed by atoms with Crippen LogP contribution in [0.15, 0.2) is 12.3 Å². The van der Waals surface area contributed by atoms with Crippen LogP contribution in [-0.2, 0) is 6.54 Å². The van der Waals surface area contributed by atoms with Crippen LogP contribution in [0.3, 0.4) is 0 Å². The molecule has 1 N–H and O–H groups in total. The van der Waals surface area contributed by atoms with E-state index in [1.54, 1.807) is 0 Å². The number of hydrogen-bond acceptors (Lipinski definition) is 3. The molecule has 0 bridgehead atoms. The zero-order chi connectivity index (χ0) is 14.5. The maximum absolute atomic E-state index is 4.72. The summed E-state index contributed by atoms with van der Waals surface area (Å²) in [5, 5.41) is 3.45. The van der Waals surface area contributed by atoms with Crippen molar-refractivity contribution in [2.75, 3.05) is 18.0 Å². The van der Waals surface area contributed by atoms with Gasteiger partial charge in [0.15, 0.2) is 0 Å². The summed E-state index contributed by atoms with van der Waals surface area (Å²) >= 11 is 0. The summed E-state index contributed by atoms with van der Waals surface area (Å²) in [6.45, 7) is 12.1. The maximum atomic E-state index is 4.72. The topological polar surface area (TPSA) is 28.2 Å². The van der Waals surface area contributed by atoms with Crippen molar-refractivity contribution in [2.45, 2.75) is 59.5 Å². The van der Waals surface area contributed by atoms with Gasteiger partial charge in [-0.05, 0) is 42.9 Å². The molecule has 0 aliphatic carbocycles. The van der Waals surface area contributed by atoms with Crippen molar-refractivity contribution >= 4 is 5.82 Å². The SMILES string of the molecule is CCC1CCN(c2ncc(CNC(C)C)cc2C)CC1. The zero-order valence-electron chi connectivity index (χ0n) is 13.4. The highest BCUT2D eigenvalue weighted by Gasteiger charge is 2.19. The number of anilines is 1. The van der Waals surface area contributed by atoms with E-state index in [9.17, 15) is 0 Å². The molecule has 1 saturated heterocycles. The molecule has 2 rings (SSSR count). The Morgan fingerprint density at radius 3 is 2.60 bits per heavy atom. The first-order valence-electron chi connectivity index (χ1n) is 8.04. The lowest BCUT2D eigenvalue weighted by Crippen LogP contribution is -2.34. The van der Waals surface area contributed by atoms with Gasteiger partial charge in [0.1, 0.15) is 5.82 Å². The van der Waals surface area contributed by atoms with Crippen LogP contribution >= 0.6 is 0 Å². The molecular formula is C17H29N3. The van der Waals surface area contributed by atoms with E-state index in [1.165, 1.54) is 36.2 Å². The monoisotopic (exact) mass is 275 g/mol. The predicted molar refractivity (Wildman–Crippen MR) is 86.2 cm³/mol. The summed E-state index contributed by atoms with van der Waals surface area (Å²) < 4.78 is 0. The zero-order valence-corrected chi connectivity index (χ0v) is 13.4. The summed E-state index contributed by atoms with van der Waals surface area (Å²) in [5.41, 5.74) is 2.59. The smallest absolute Gasteiger partial charge is 0.131 e. The molecule has 1 fully saturated rings. The quantitative estimate of drug-likeness (QED) is 0.891. The van der Waals surface area contributed by atoms with Gasteiger partial charge in [-0.25, -0.2) is 4.98 Å². The number of pyridine rings is 1. The third-order valence-electron chi connectivity index (χ3n) is 4.31. The van der Waals surface area contributed by atoms with E-state index >= 15 is 0 Å². The first-order chi connectivity index (χ1) is 9.60. The summed E-state index contributed by atoms with van der Waals surface area (Å²) in [6, 6.07) is 2.80. The third-order valence-corrected chi connectivity index (χ3v) is 4.31. The van der Waals surface area contributed by atoms with E-state index in [-0.39, 0.29) is 0 Å². The third kappa shape index (κ3) is 3.95. The van der Waals surface area contributed by atoms with Crippen molar-refractivity contribution in [1.29, 1.82) is 0 Å². The van der Waals surface area contributed by atoms with Crippen LogP contribution in [0.2, 0.25) is 0 Å². The van der Waals surface area contributed by atoms with E-state index in [0.717, 1.165) is 25.6 Å². The maximum Gasteiger partial charge on any atom is 0.131 e. The molecule has 0 saturated carbocycles. The van der Waals surface area contributed by atoms with Crippen molar-refractivity contribution < 1.29 is 0 Å². The van der Waals surface area contributed by atoms with E-state index in [1.807, 2.05) is 6.20 Å². The molecule has 0 amide bonds. The van der Waals surface area contributed by atoms with Gasteiger partial charge < -0.3 is 10.2 Å². The Labute approximate surface area is 123 Å². The summed E-state index contributed by atoms with van der Waals surface area (Å²) in [5.74, 6) is 2.11. The Hall–Kier alpha value is -1.09. The van der Waals surface area contributed by atoms with Gasteiger partial charge in [-0.2, -0.15) is 0 Å². The fourth-order valence-corrected chi connectivity index (χ4v) is 2.93. The van der Waals surface area contributed by atoms with Gasteiger partial charge >= 0.3 is 0 Å². The molecule has 20 heavy (non-hydrogen) atoms. The summed E-state index contributed by atoms with van der Waals surface area (Å²) in [7, 11) is 0. The molecule has 0 unspecified atom stereocenters. The van der Waals surface area contributed by atoms with Crippen LogP contribution in [0.4, 0.5) is 5.82 Å². The molecule has 1 aromatic rings. The Balaban J connectivity index is 1.99. The Kier molecular flexibility index (Phi) is 5.41. The van der Waals surface area contributed by atoms with Crippen molar-refractivity contribution in [3.05, 3.63) is 23.4 Å². The van der Waals surface area contributed by atoms with Crippen LogP contribution in [-0.4, -0.2) is 24.1 Å². The van der Waals surface area contributed by atoms with Crippen LogP contribution < -0.4 is 10.2 Å². The van der Waals surface area contributed by atoms with E-state index in [0.29, 0.717) is 6.04 Å².